The maximum atomic E-state index is 14.5. The quantitative estimate of drug-likeness (QED) is 0.574. The summed E-state index contributed by atoms with van der Waals surface area (Å²) in [6.45, 7) is -0.299. The molecule has 0 aliphatic heterocycles. The summed E-state index contributed by atoms with van der Waals surface area (Å²) in [7, 11) is 1.28. The minimum absolute atomic E-state index is 0.0125. The van der Waals surface area contributed by atoms with E-state index in [9.17, 15) is 28.3 Å². The van der Waals surface area contributed by atoms with Crippen molar-refractivity contribution in [2.75, 3.05) is 18.6 Å². The van der Waals surface area contributed by atoms with Crippen LogP contribution in [0.4, 0.5) is 23.8 Å². The van der Waals surface area contributed by atoms with Gasteiger partial charge in [-0.25, -0.2) is 18.0 Å². The normalized spacial score (nSPS) is 19.1. The van der Waals surface area contributed by atoms with Gasteiger partial charge in [-0.2, -0.15) is 5.26 Å². The highest BCUT2D eigenvalue weighted by Crippen LogP contribution is 2.46. The molecule has 0 saturated heterocycles. The molecule has 0 spiro atoms. The molecule has 3 aromatic rings. The molecule has 2 heterocycles. The molecule has 11 heteroatoms. The smallest absolute Gasteiger partial charge is 0.413 e. The van der Waals surface area contributed by atoms with Crippen LogP contribution in [-0.4, -0.2) is 46.2 Å². The van der Waals surface area contributed by atoms with E-state index in [0.717, 1.165) is 11.0 Å². The van der Waals surface area contributed by atoms with E-state index < -0.39 is 29.3 Å². The second kappa shape index (κ2) is 8.97. The molecule has 1 aliphatic rings. The number of rotatable bonds is 6. The van der Waals surface area contributed by atoms with Crippen LogP contribution >= 0.6 is 0 Å². The monoisotopic (exact) mass is 469 g/mol. The number of anilines is 1. The Morgan fingerprint density at radius 3 is 2.56 bits per heavy atom. The van der Waals surface area contributed by atoms with Crippen molar-refractivity contribution in [2.24, 2.45) is 0 Å². The summed E-state index contributed by atoms with van der Waals surface area (Å²) in [5.74, 6) is -1.51. The van der Waals surface area contributed by atoms with Crippen LogP contribution in [0.2, 0.25) is 0 Å². The Kier molecular flexibility index (Phi) is 6.06. The van der Waals surface area contributed by atoms with Gasteiger partial charge in [0.1, 0.15) is 29.6 Å². The number of nitrogens with zero attached hydrogens (tertiary/aromatic N) is 5. The van der Waals surface area contributed by atoms with Crippen LogP contribution in [0, 0.1) is 23.0 Å². The third-order valence-electron chi connectivity index (χ3n) is 5.79. The van der Waals surface area contributed by atoms with E-state index in [1.54, 1.807) is 0 Å². The lowest BCUT2D eigenvalue weighted by molar-refractivity contribution is 0.0901. The molecule has 0 bridgehead atoms. The predicted octanol–water partition coefficient (Wildman–Crippen LogP) is 4.25. The fourth-order valence-corrected chi connectivity index (χ4v) is 4.21. The lowest BCUT2D eigenvalue weighted by Crippen LogP contribution is -2.53. The first-order chi connectivity index (χ1) is 16.3. The zero-order valence-corrected chi connectivity index (χ0v) is 17.9. The van der Waals surface area contributed by atoms with Crippen LogP contribution in [0.1, 0.15) is 24.1 Å². The Hall–Kier alpha value is -4.20. The highest BCUT2D eigenvalue weighted by molar-refractivity contribution is 5.85. The number of aromatic nitrogens is 3. The Morgan fingerprint density at radius 2 is 2.00 bits per heavy atom. The van der Waals surface area contributed by atoms with Gasteiger partial charge in [-0.15, -0.1) is 10.2 Å². The van der Waals surface area contributed by atoms with Crippen LogP contribution < -0.4 is 9.64 Å². The summed E-state index contributed by atoms with van der Waals surface area (Å²) < 4.78 is 48.0. The van der Waals surface area contributed by atoms with Crippen LogP contribution in [0.15, 0.2) is 42.6 Å². The molecule has 1 fully saturated rings. The van der Waals surface area contributed by atoms with E-state index in [1.807, 2.05) is 6.07 Å². The number of ether oxygens (including phenoxy) is 1. The SMILES string of the molecule is COc1c(C#N)ccc(F)c1-c1ccc(N(C[C@]2(c3ncccc3F)C[C@@H](F)C2)C(=O)O)nn1. The van der Waals surface area contributed by atoms with E-state index in [-0.39, 0.29) is 53.5 Å². The lowest BCUT2D eigenvalue weighted by atomic mass is 9.64. The van der Waals surface area contributed by atoms with Crippen molar-refractivity contribution >= 4 is 11.9 Å². The third kappa shape index (κ3) is 3.98. The molecular weight excluding hydrogens is 451 g/mol. The fourth-order valence-electron chi connectivity index (χ4n) is 4.21. The Balaban J connectivity index is 1.70. The number of carboxylic acid groups (broad SMARTS) is 1. The molecule has 4 rings (SSSR count). The number of carbonyl (C=O) groups is 1. The number of benzene rings is 1. The van der Waals surface area contributed by atoms with Gasteiger partial charge >= 0.3 is 6.09 Å². The first-order valence-electron chi connectivity index (χ1n) is 10.2. The standard InChI is InChI=1S/C23H18F3N5O3/c1-34-20-13(11-27)4-5-15(25)19(20)17-6-7-18(30-29-17)31(22(32)33)12-23(9-14(24)10-23)21-16(26)3-2-8-28-21/h2-8,14H,9-10,12H2,1H3,(H,32,33)/t14-,23+. The molecule has 174 valence electrons. The number of hydrogen-bond acceptors (Lipinski definition) is 6. The summed E-state index contributed by atoms with van der Waals surface area (Å²) in [4.78, 5) is 16.9. The molecule has 0 unspecified atom stereocenters. The molecule has 1 N–H and O–H groups in total. The first kappa shape index (κ1) is 23.0. The lowest BCUT2D eigenvalue weighted by Gasteiger charge is -2.45. The van der Waals surface area contributed by atoms with Gasteiger partial charge < -0.3 is 9.84 Å². The van der Waals surface area contributed by atoms with Crippen LogP contribution in [0.3, 0.4) is 0 Å². The van der Waals surface area contributed by atoms with Gasteiger partial charge in [0.25, 0.3) is 0 Å². The van der Waals surface area contributed by atoms with Crippen molar-refractivity contribution in [1.29, 1.82) is 5.26 Å². The number of methoxy groups -OCH3 is 1. The number of halogens is 3. The summed E-state index contributed by atoms with van der Waals surface area (Å²) in [5.41, 5.74) is -1.19. The van der Waals surface area contributed by atoms with Gasteiger partial charge in [0, 0.05) is 18.2 Å². The van der Waals surface area contributed by atoms with Crippen molar-refractivity contribution in [2.45, 2.75) is 24.4 Å². The Labute approximate surface area is 192 Å². The second-order valence-corrected chi connectivity index (χ2v) is 7.88. The highest BCUT2D eigenvalue weighted by Gasteiger charge is 2.50. The maximum absolute atomic E-state index is 14.5. The highest BCUT2D eigenvalue weighted by atomic mass is 19.1. The molecule has 34 heavy (non-hydrogen) atoms. The largest absolute Gasteiger partial charge is 0.495 e. The predicted molar refractivity (Wildman–Crippen MR) is 114 cm³/mol. The topological polar surface area (TPSA) is 112 Å². The molecule has 2 aromatic heterocycles. The zero-order chi connectivity index (χ0) is 24.5. The van der Waals surface area contributed by atoms with Crippen molar-refractivity contribution in [1.82, 2.24) is 15.2 Å². The summed E-state index contributed by atoms with van der Waals surface area (Å²) in [6, 6.07) is 9.45. The van der Waals surface area contributed by atoms with E-state index in [2.05, 4.69) is 15.2 Å². The number of nitriles is 1. The number of alkyl halides is 1. The first-order valence-corrected chi connectivity index (χ1v) is 10.2. The second-order valence-electron chi connectivity index (χ2n) is 7.88. The average molecular weight is 469 g/mol. The van der Waals surface area contributed by atoms with Crippen molar-refractivity contribution < 1.29 is 27.8 Å². The minimum atomic E-state index is -1.41. The number of amides is 1. The molecule has 1 amide bonds. The van der Waals surface area contributed by atoms with E-state index in [1.165, 1.54) is 43.6 Å². The third-order valence-corrected chi connectivity index (χ3v) is 5.79. The van der Waals surface area contributed by atoms with E-state index in [0.29, 0.717) is 0 Å². The van der Waals surface area contributed by atoms with Crippen molar-refractivity contribution in [3.05, 3.63) is 65.5 Å². The van der Waals surface area contributed by atoms with E-state index >= 15 is 0 Å². The van der Waals surface area contributed by atoms with Gasteiger partial charge in [0.15, 0.2) is 5.82 Å². The molecule has 1 saturated carbocycles. The summed E-state index contributed by atoms with van der Waals surface area (Å²) in [6.07, 6.45) is -1.45. The number of pyridine rings is 1. The summed E-state index contributed by atoms with van der Waals surface area (Å²) in [5, 5.41) is 26.9. The van der Waals surface area contributed by atoms with E-state index in [4.69, 9.17) is 4.74 Å². The molecule has 0 radical (unpaired) electrons. The van der Waals surface area contributed by atoms with Crippen LogP contribution in [0.25, 0.3) is 11.3 Å². The van der Waals surface area contributed by atoms with Crippen LogP contribution in [0.5, 0.6) is 5.75 Å². The molecule has 1 aliphatic carbocycles. The fraction of sp³-hybridized carbons (Fsp3) is 0.261. The van der Waals surface area contributed by atoms with Gasteiger partial charge in [-0.1, -0.05) is 0 Å². The van der Waals surface area contributed by atoms with Gasteiger partial charge in [0.2, 0.25) is 0 Å². The van der Waals surface area contributed by atoms with Crippen molar-refractivity contribution in [3.8, 4) is 23.1 Å². The number of hydrogen-bond donors (Lipinski definition) is 1. The van der Waals surface area contributed by atoms with Crippen LogP contribution in [-0.2, 0) is 5.41 Å². The van der Waals surface area contributed by atoms with Gasteiger partial charge in [-0.05, 0) is 49.2 Å². The average Bonchev–Trinajstić information content (AvgIpc) is 2.81. The zero-order valence-electron chi connectivity index (χ0n) is 17.9. The van der Waals surface area contributed by atoms with Gasteiger partial charge in [-0.3, -0.25) is 9.88 Å². The molecular formula is C23H18F3N5O3. The Bertz CT molecular complexity index is 1270. The van der Waals surface area contributed by atoms with Gasteiger partial charge in [0.05, 0.1) is 29.6 Å². The minimum Gasteiger partial charge on any atom is -0.495 e. The molecule has 0 atom stereocenters. The molecule has 1 aromatic carbocycles. The summed E-state index contributed by atoms with van der Waals surface area (Å²) >= 11 is 0. The maximum Gasteiger partial charge on any atom is 0.413 e. The molecule has 8 nitrogen and oxygen atoms in total. The Morgan fingerprint density at radius 1 is 1.24 bits per heavy atom. The van der Waals surface area contributed by atoms with Crippen molar-refractivity contribution in [3.63, 3.8) is 0 Å².